The van der Waals surface area contributed by atoms with E-state index in [1.807, 2.05) is 0 Å². The van der Waals surface area contributed by atoms with E-state index in [0.717, 1.165) is 6.42 Å². The molecule has 0 radical (unpaired) electrons. The highest BCUT2D eigenvalue weighted by molar-refractivity contribution is 8.00. The predicted octanol–water partition coefficient (Wildman–Crippen LogP) is 1.58. The molecule has 2 unspecified atom stereocenters. The predicted molar refractivity (Wildman–Crippen MR) is 45.6 cm³/mol. The maximum absolute atomic E-state index is 10.6. The molecule has 1 rings (SSSR count). The molecule has 1 aliphatic heterocycles. The van der Waals surface area contributed by atoms with Crippen molar-refractivity contribution in [2.45, 2.75) is 31.0 Å². The zero-order chi connectivity index (χ0) is 8.27. The first-order valence-corrected chi connectivity index (χ1v) is 4.76. The summed E-state index contributed by atoms with van der Waals surface area (Å²) in [5.41, 5.74) is 0.0254. The van der Waals surface area contributed by atoms with Crippen LogP contribution >= 0.6 is 11.8 Å². The van der Waals surface area contributed by atoms with E-state index < -0.39 is 0 Å². The van der Waals surface area contributed by atoms with Crippen molar-refractivity contribution in [2.75, 3.05) is 6.54 Å². The second-order valence-electron chi connectivity index (χ2n) is 2.57. The molecular formula is C7H13NO2S. The van der Waals surface area contributed by atoms with Gasteiger partial charge in [-0.2, -0.15) is 0 Å². The summed E-state index contributed by atoms with van der Waals surface area (Å²) >= 11 is 1.71. The highest BCUT2D eigenvalue weighted by Gasteiger charge is 2.23. The standard InChI is InChI=1S/C7H13NO2S/c1-3-5(2)11-6-4-8-7(9)10-6/h5-6H,3-4H2,1-2H3,(H,8,9). The molecule has 0 aromatic rings. The van der Waals surface area contributed by atoms with Crippen molar-refractivity contribution >= 4 is 17.9 Å². The van der Waals surface area contributed by atoms with Crippen molar-refractivity contribution in [2.24, 2.45) is 0 Å². The Labute approximate surface area is 70.9 Å². The number of alkyl carbamates (subject to hydrolysis) is 1. The van der Waals surface area contributed by atoms with Gasteiger partial charge in [0.05, 0.1) is 6.54 Å². The molecule has 1 fully saturated rings. The Bertz CT molecular complexity index is 151. The maximum Gasteiger partial charge on any atom is 0.408 e. The number of carbonyl (C=O) groups excluding carboxylic acids is 1. The molecule has 0 spiro atoms. The summed E-state index contributed by atoms with van der Waals surface area (Å²) in [5, 5.41) is 3.18. The molecule has 0 aliphatic carbocycles. The van der Waals surface area contributed by atoms with Crippen LogP contribution in [0.2, 0.25) is 0 Å². The highest BCUT2D eigenvalue weighted by Crippen LogP contribution is 2.22. The van der Waals surface area contributed by atoms with Crippen molar-refractivity contribution in [3.63, 3.8) is 0 Å². The summed E-state index contributed by atoms with van der Waals surface area (Å²) in [6.45, 7) is 4.91. The van der Waals surface area contributed by atoms with Crippen molar-refractivity contribution in [1.29, 1.82) is 0 Å². The second kappa shape index (κ2) is 3.85. The molecule has 1 aliphatic rings. The van der Waals surface area contributed by atoms with Gasteiger partial charge in [-0.3, -0.25) is 0 Å². The van der Waals surface area contributed by atoms with Crippen molar-refractivity contribution < 1.29 is 9.53 Å². The van der Waals surface area contributed by atoms with E-state index in [2.05, 4.69) is 19.2 Å². The lowest BCUT2D eigenvalue weighted by Gasteiger charge is -2.11. The number of hydrogen-bond acceptors (Lipinski definition) is 3. The number of hydrogen-bond donors (Lipinski definition) is 1. The van der Waals surface area contributed by atoms with Crippen molar-refractivity contribution in [1.82, 2.24) is 5.32 Å². The van der Waals surface area contributed by atoms with Gasteiger partial charge < -0.3 is 10.1 Å². The van der Waals surface area contributed by atoms with E-state index >= 15 is 0 Å². The minimum absolute atomic E-state index is 0.0254. The number of cyclic esters (lactones) is 1. The van der Waals surface area contributed by atoms with Crippen LogP contribution in [-0.2, 0) is 4.74 Å². The fourth-order valence-corrected chi connectivity index (χ4v) is 1.83. The van der Waals surface area contributed by atoms with Gasteiger partial charge in [0, 0.05) is 5.25 Å². The van der Waals surface area contributed by atoms with E-state index in [-0.39, 0.29) is 11.5 Å². The molecule has 1 N–H and O–H groups in total. The van der Waals surface area contributed by atoms with Crippen LogP contribution in [0.1, 0.15) is 20.3 Å². The summed E-state index contributed by atoms with van der Waals surface area (Å²) in [5.74, 6) is 0. The van der Waals surface area contributed by atoms with Crippen LogP contribution in [0.4, 0.5) is 4.79 Å². The van der Waals surface area contributed by atoms with E-state index in [9.17, 15) is 4.79 Å². The average Bonchev–Trinajstić information content (AvgIpc) is 2.35. The van der Waals surface area contributed by atoms with E-state index in [1.165, 1.54) is 0 Å². The highest BCUT2D eigenvalue weighted by atomic mass is 32.2. The first-order chi connectivity index (χ1) is 5.22. The molecular weight excluding hydrogens is 162 g/mol. The zero-order valence-corrected chi connectivity index (χ0v) is 7.61. The number of ether oxygens (including phenoxy) is 1. The van der Waals surface area contributed by atoms with Crippen molar-refractivity contribution in [3.8, 4) is 0 Å². The number of nitrogens with one attached hydrogen (secondary N) is 1. The Balaban J connectivity index is 2.22. The van der Waals surface area contributed by atoms with Crippen LogP contribution in [-0.4, -0.2) is 23.3 Å². The molecule has 2 atom stereocenters. The fourth-order valence-electron chi connectivity index (χ4n) is 0.801. The molecule has 11 heavy (non-hydrogen) atoms. The third-order valence-electron chi connectivity index (χ3n) is 1.61. The van der Waals surface area contributed by atoms with Crippen LogP contribution in [0.15, 0.2) is 0 Å². The van der Waals surface area contributed by atoms with Crippen LogP contribution in [0.25, 0.3) is 0 Å². The van der Waals surface area contributed by atoms with Gasteiger partial charge in [-0.1, -0.05) is 13.8 Å². The lowest BCUT2D eigenvalue weighted by molar-refractivity contribution is 0.170. The molecule has 1 heterocycles. The fraction of sp³-hybridized carbons (Fsp3) is 0.857. The number of amides is 1. The molecule has 64 valence electrons. The molecule has 0 bridgehead atoms. The topological polar surface area (TPSA) is 38.3 Å². The lowest BCUT2D eigenvalue weighted by atomic mass is 10.4. The van der Waals surface area contributed by atoms with Gasteiger partial charge >= 0.3 is 6.09 Å². The van der Waals surface area contributed by atoms with Crippen LogP contribution in [0.5, 0.6) is 0 Å². The second-order valence-corrected chi connectivity index (χ2v) is 4.17. The van der Waals surface area contributed by atoms with E-state index in [0.29, 0.717) is 11.8 Å². The van der Waals surface area contributed by atoms with E-state index in [1.54, 1.807) is 11.8 Å². The van der Waals surface area contributed by atoms with Crippen LogP contribution in [0.3, 0.4) is 0 Å². The van der Waals surface area contributed by atoms with Gasteiger partial charge in [0.15, 0.2) is 5.44 Å². The number of thioether (sulfide) groups is 1. The molecule has 1 saturated heterocycles. The van der Waals surface area contributed by atoms with Crippen molar-refractivity contribution in [3.05, 3.63) is 0 Å². The Morgan fingerprint density at radius 1 is 1.91 bits per heavy atom. The van der Waals surface area contributed by atoms with Gasteiger partial charge in [-0.05, 0) is 6.42 Å². The third kappa shape index (κ3) is 2.61. The molecule has 0 aromatic heterocycles. The number of carbonyl (C=O) groups is 1. The average molecular weight is 175 g/mol. The molecule has 3 nitrogen and oxygen atoms in total. The third-order valence-corrected chi connectivity index (χ3v) is 2.97. The van der Waals surface area contributed by atoms with E-state index in [4.69, 9.17) is 4.74 Å². The monoisotopic (exact) mass is 175 g/mol. The van der Waals surface area contributed by atoms with Crippen LogP contribution < -0.4 is 5.32 Å². The normalized spacial score (nSPS) is 26.0. The smallest absolute Gasteiger partial charge is 0.408 e. The van der Waals surface area contributed by atoms with Gasteiger partial charge in [0.2, 0.25) is 0 Å². The molecule has 4 heteroatoms. The Hall–Kier alpha value is -0.380. The molecule has 0 aromatic carbocycles. The summed E-state index contributed by atoms with van der Waals surface area (Å²) < 4.78 is 4.95. The minimum Gasteiger partial charge on any atom is -0.433 e. The summed E-state index contributed by atoms with van der Waals surface area (Å²) in [7, 11) is 0. The van der Waals surface area contributed by atoms with Crippen LogP contribution in [0, 0.1) is 0 Å². The van der Waals surface area contributed by atoms with Gasteiger partial charge in [-0.25, -0.2) is 4.79 Å². The van der Waals surface area contributed by atoms with Gasteiger partial charge in [0.1, 0.15) is 0 Å². The molecule has 0 saturated carbocycles. The largest absolute Gasteiger partial charge is 0.433 e. The first kappa shape index (κ1) is 8.71. The zero-order valence-electron chi connectivity index (χ0n) is 6.79. The van der Waals surface area contributed by atoms with Gasteiger partial charge in [-0.15, -0.1) is 11.8 Å². The maximum atomic E-state index is 10.6. The summed E-state index contributed by atoms with van der Waals surface area (Å²) in [6, 6.07) is 0. The molecule has 1 amide bonds. The quantitative estimate of drug-likeness (QED) is 0.707. The minimum atomic E-state index is -0.286. The SMILES string of the molecule is CCC(C)SC1CNC(=O)O1. The lowest BCUT2D eigenvalue weighted by Crippen LogP contribution is -2.14. The van der Waals surface area contributed by atoms with Gasteiger partial charge in [0.25, 0.3) is 0 Å². The Kier molecular flexibility index (Phi) is 3.05. The summed E-state index contributed by atoms with van der Waals surface area (Å²) in [4.78, 5) is 10.6. The summed E-state index contributed by atoms with van der Waals surface area (Å²) in [6.07, 6.45) is 0.824. The Morgan fingerprint density at radius 2 is 2.64 bits per heavy atom. The Morgan fingerprint density at radius 3 is 3.09 bits per heavy atom. The number of rotatable bonds is 3. The first-order valence-electron chi connectivity index (χ1n) is 3.82.